The molecule has 154 valence electrons. The number of ether oxygens (including phenoxy) is 2. The minimum absolute atomic E-state index is 0. The Labute approximate surface area is 175 Å². The first-order valence-corrected chi connectivity index (χ1v) is 9.47. The molecule has 0 aromatic heterocycles. The predicted octanol–water partition coefficient (Wildman–Crippen LogP) is 2.99. The van der Waals surface area contributed by atoms with Gasteiger partial charge in [0.25, 0.3) is 0 Å². The number of nitrogens with one attached hydrogen (secondary N) is 2. The Hall–Kier alpha value is -0.770. The topological polar surface area (TPSA) is 75.2 Å². The van der Waals surface area contributed by atoms with Crippen LogP contribution in [-0.2, 0) is 9.47 Å². The molecule has 1 amide bonds. The fourth-order valence-corrected chi connectivity index (χ4v) is 2.52. The smallest absolute Gasteiger partial charge is 0.410 e. The highest BCUT2D eigenvalue weighted by atomic mass is 127. The summed E-state index contributed by atoms with van der Waals surface area (Å²) in [6.45, 7) is 13.9. The van der Waals surface area contributed by atoms with Gasteiger partial charge in [-0.25, -0.2) is 4.79 Å². The maximum atomic E-state index is 12.3. The highest BCUT2D eigenvalue weighted by molar-refractivity contribution is 14.0. The largest absolute Gasteiger partial charge is 0.444 e. The molecular formula is C18H37IN4O3. The van der Waals surface area contributed by atoms with Gasteiger partial charge in [0.2, 0.25) is 0 Å². The molecule has 1 unspecified atom stereocenters. The normalized spacial score (nSPS) is 17.4. The molecule has 1 rings (SSSR count). The third-order valence-electron chi connectivity index (χ3n) is 3.64. The summed E-state index contributed by atoms with van der Waals surface area (Å²) in [5.74, 6) is 0.763. The molecule has 0 bridgehead atoms. The van der Waals surface area contributed by atoms with E-state index < -0.39 is 5.60 Å². The van der Waals surface area contributed by atoms with E-state index in [4.69, 9.17) is 9.47 Å². The van der Waals surface area contributed by atoms with Crippen molar-refractivity contribution in [3.63, 3.8) is 0 Å². The second-order valence-electron chi connectivity index (χ2n) is 7.25. The van der Waals surface area contributed by atoms with Crippen molar-refractivity contribution in [3.8, 4) is 0 Å². The number of amides is 1. The van der Waals surface area contributed by atoms with Crippen molar-refractivity contribution in [2.75, 3.05) is 39.3 Å². The number of carbonyl (C=O) groups excluding carboxylic acids is 1. The van der Waals surface area contributed by atoms with Gasteiger partial charge in [0.1, 0.15) is 5.60 Å². The van der Waals surface area contributed by atoms with Gasteiger partial charge in [-0.2, -0.15) is 0 Å². The lowest BCUT2D eigenvalue weighted by molar-refractivity contribution is 0.0253. The van der Waals surface area contributed by atoms with Crippen LogP contribution in [0.5, 0.6) is 0 Å². The minimum Gasteiger partial charge on any atom is -0.444 e. The van der Waals surface area contributed by atoms with Crippen LogP contribution in [0, 0.1) is 0 Å². The van der Waals surface area contributed by atoms with Crippen LogP contribution in [0.25, 0.3) is 0 Å². The third-order valence-corrected chi connectivity index (χ3v) is 3.64. The van der Waals surface area contributed by atoms with Crippen LogP contribution in [0.2, 0.25) is 0 Å². The van der Waals surface area contributed by atoms with Gasteiger partial charge in [-0.05, 0) is 47.0 Å². The van der Waals surface area contributed by atoms with Gasteiger partial charge in [0.05, 0.1) is 12.6 Å². The highest BCUT2D eigenvalue weighted by Gasteiger charge is 2.21. The SMILES string of the molecule is CCCN(CCNC(=NCC1CCCO1)NCC)C(=O)OC(C)(C)C.I. The zero-order valence-electron chi connectivity index (χ0n) is 17.0. The first kappa shape index (κ1) is 25.2. The molecule has 0 aromatic carbocycles. The molecule has 1 aliphatic heterocycles. The van der Waals surface area contributed by atoms with E-state index in [2.05, 4.69) is 22.5 Å². The van der Waals surface area contributed by atoms with Crippen molar-refractivity contribution in [1.29, 1.82) is 0 Å². The van der Waals surface area contributed by atoms with Crippen LogP contribution < -0.4 is 10.6 Å². The summed E-state index contributed by atoms with van der Waals surface area (Å²) >= 11 is 0. The van der Waals surface area contributed by atoms with Crippen LogP contribution in [-0.4, -0.2) is 68.0 Å². The summed E-state index contributed by atoms with van der Waals surface area (Å²) in [4.78, 5) is 18.6. The van der Waals surface area contributed by atoms with Gasteiger partial charge < -0.3 is 25.0 Å². The van der Waals surface area contributed by atoms with Crippen molar-refractivity contribution in [3.05, 3.63) is 0 Å². The molecule has 0 aliphatic carbocycles. The molecule has 1 saturated heterocycles. The second kappa shape index (κ2) is 13.4. The second-order valence-corrected chi connectivity index (χ2v) is 7.25. The summed E-state index contributed by atoms with van der Waals surface area (Å²) in [6.07, 6.45) is 3.05. The van der Waals surface area contributed by atoms with E-state index in [0.29, 0.717) is 26.2 Å². The van der Waals surface area contributed by atoms with Crippen LogP contribution >= 0.6 is 24.0 Å². The predicted molar refractivity (Wildman–Crippen MR) is 116 cm³/mol. The number of carbonyl (C=O) groups is 1. The summed E-state index contributed by atoms with van der Waals surface area (Å²) in [5.41, 5.74) is -0.478. The Kier molecular flexibility index (Phi) is 13.0. The minimum atomic E-state index is -0.478. The molecule has 26 heavy (non-hydrogen) atoms. The fourth-order valence-electron chi connectivity index (χ4n) is 2.52. The first-order valence-electron chi connectivity index (χ1n) is 9.47. The fraction of sp³-hybridized carbons (Fsp3) is 0.889. The molecule has 7 nitrogen and oxygen atoms in total. The van der Waals surface area contributed by atoms with Gasteiger partial charge in [-0.15, -0.1) is 24.0 Å². The molecule has 0 aromatic rings. The Bertz CT molecular complexity index is 421. The van der Waals surface area contributed by atoms with Crippen LogP contribution in [0.1, 0.15) is 53.9 Å². The van der Waals surface area contributed by atoms with Crippen LogP contribution in [0.15, 0.2) is 4.99 Å². The van der Waals surface area contributed by atoms with Gasteiger partial charge in [-0.3, -0.25) is 4.99 Å². The van der Waals surface area contributed by atoms with Crippen molar-refractivity contribution in [2.45, 2.75) is 65.6 Å². The van der Waals surface area contributed by atoms with Gasteiger partial charge >= 0.3 is 6.09 Å². The van der Waals surface area contributed by atoms with Crippen LogP contribution in [0.3, 0.4) is 0 Å². The van der Waals surface area contributed by atoms with Crippen molar-refractivity contribution >= 4 is 36.0 Å². The molecule has 2 N–H and O–H groups in total. The molecule has 0 radical (unpaired) electrons. The molecule has 8 heteroatoms. The third kappa shape index (κ3) is 11.1. The summed E-state index contributed by atoms with van der Waals surface area (Å²) in [5, 5.41) is 6.51. The lowest BCUT2D eigenvalue weighted by Gasteiger charge is -2.27. The molecule has 1 fully saturated rings. The number of nitrogens with zero attached hydrogens (tertiary/aromatic N) is 2. The molecule has 1 atom stereocenters. The first-order chi connectivity index (χ1) is 11.9. The maximum absolute atomic E-state index is 12.3. The lowest BCUT2D eigenvalue weighted by Crippen LogP contribution is -2.44. The number of aliphatic imine (C=N–C) groups is 1. The van der Waals surface area contributed by atoms with E-state index in [9.17, 15) is 4.79 Å². The Morgan fingerprint density at radius 3 is 2.54 bits per heavy atom. The maximum Gasteiger partial charge on any atom is 0.410 e. The van der Waals surface area contributed by atoms with Crippen LogP contribution in [0.4, 0.5) is 4.79 Å². The van der Waals surface area contributed by atoms with Gasteiger partial charge in [-0.1, -0.05) is 6.92 Å². The number of halogens is 1. The van der Waals surface area contributed by atoms with Gasteiger partial charge in [0.15, 0.2) is 5.96 Å². The monoisotopic (exact) mass is 484 g/mol. The Morgan fingerprint density at radius 1 is 1.27 bits per heavy atom. The summed E-state index contributed by atoms with van der Waals surface area (Å²) < 4.78 is 11.1. The molecule has 0 spiro atoms. The number of rotatable bonds is 8. The standard InChI is InChI=1S/C18H36N4O3.HI/c1-6-11-22(17(23)25-18(3,4)5)12-10-20-16(19-7-2)21-14-15-9-8-13-24-15;/h15H,6-14H2,1-5H3,(H2,19,20,21);1H. The van der Waals surface area contributed by atoms with Gasteiger partial charge in [0, 0.05) is 32.8 Å². The average Bonchev–Trinajstić information content (AvgIpc) is 3.03. The van der Waals surface area contributed by atoms with E-state index in [1.54, 1.807) is 4.90 Å². The number of guanidine groups is 1. The van der Waals surface area contributed by atoms with E-state index >= 15 is 0 Å². The zero-order valence-corrected chi connectivity index (χ0v) is 19.3. The quantitative estimate of drug-likeness (QED) is 0.315. The van der Waals surface area contributed by atoms with E-state index in [1.807, 2.05) is 27.7 Å². The zero-order chi connectivity index (χ0) is 18.7. The molecular weight excluding hydrogens is 447 g/mol. The highest BCUT2D eigenvalue weighted by Crippen LogP contribution is 2.12. The molecule has 1 aliphatic rings. The number of hydrogen-bond acceptors (Lipinski definition) is 4. The number of hydrogen-bond donors (Lipinski definition) is 2. The Balaban J connectivity index is 0.00000625. The molecule has 0 saturated carbocycles. The molecule has 1 heterocycles. The van der Waals surface area contributed by atoms with Crippen molar-refractivity contribution in [1.82, 2.24) is 15.5 Å². The van der Waals surface area contributed by atoms with E-state index in [-0.39, 0.29) is 36.2 Å². The van der Waals surface area contributed by atoms with Crippen molar-refractivity contribution < 1.29 is 14.3 Å². The summed E-state index contributed by atoms with van der Waals surface area (Å²) in [6, 6.07) is 0. The van der Waals surface area contributed by atoms with E-state index in [1.165, 1.54) is 0 Å². The Morgan fingerprint density at radius 2 is 2.00 bits per heavy atom. The average molecular weight is 484 g/mol. The van der Waals surface area contributed by atoms with E-state index in [0.717, 1.165) is 38.4 Å². The van der Waals surface area contributed by atoms with Crippen molar-refractivity contribution in [2.24, 2.45) is 4.99 Å². The lowest BCUT2D eigenvalue weighted by atomic mass is 10.2. The summed E-state index contributed by atoms with van der Waals surface area (Å²) in [7, 11) is 0.